The molecule has 3 radical (unpaired) electrons. The Morgan fingerprint density at radius 3 is 0.926 bits per heavy atom. The van der Waals surface area contributed by atoms with E-state index >= 15 is 0 Å². The minimum Gasteiger partial charge on any atom is -0.378 e. The van der Waals surface area contributed by atoms with E-state index in [1.807, 2.05) is 0 Å². The van der Waals surface area contributed by atoms with Gasteiger partial charge in [0.2, 0.25) is 0 Å². The first kappa shape index (κ1) is 31.7. The molecule has 0 aromatic heterocycles. The summed E-state index contributed by atoms with van der Waals surface area (Å²) in [7, 11) is 0. The molecule has 1 saturated heterocycles. The SMILES string of the molecule is C.C.CC1CCC(C)CC1.CC1CCC(C)CC1.CC1CCC(C)OC1.[B].[HH]. The van der Waals surface area contributed by atoms with Gasteiger partial charge in [-0.1, -0.05) is 101 Å². The van der Waals surface area contributed by atoms with Crippen LogP contribution in [0.15, 0.2) is 0 Å². The predicted octanol–water partition coefficient (Wildman–Crippen LogP) is 8.62. The van der Waals surface area contributed by atoms with Gasteiger partial charge >= 0.3 is 0 Å². The van der Waals surface area contributed by atoms with Crippen LogP contribution in [0.3, 0.4) is 0 Å². The van der Waals surface area contributed by atoms with Crippen molar-refractivity contribution in [1.29, 1.82) is 0 Å². The quantitative estimate of drug-likeness (QED) is 0.380. The van der Waals surface area contributed by atoms with Gasteiger partial charge in [-0.05, 0) is 49.4 Å². The standard InChI is InChI=1S/2C8H16.C7H14O.2CH4.B.H2/c2*1-7-3-5-8(2)6-4-7;1-6-3-4-7(2)8-5-6;;;;/h2*7-8H,3-6H2,1-2H3;6-7H,3-5H2,1-2H3;2*1H4;;1H. The molecule has 2 unspecified atom stereocenters. The molecule has 0 amide bonds. The zero-order valence-electron chi connectivity index (χ0n) is 18.2. The summed E-state index contributed by atoms with van der Waals surface area (Å²) in [5.74, 6) is 4.88. The van der Waals surface area contributed by atoms with Gasteiger partial charge in [-0.15, -0.1) is 0 Å². The van der Waals surface area contributed by atoms with E-state index in [2.05, 4.69) is 41.5 Å². The van der Waals surface area contributed by atoms with Gasteiger partial charge < -0.3 is 4.74 Å². The third-order valence-corrected chi connectivity index (χ3v) is 6.34. The van der Waals surface area contributed by atoms with Crippen LogP contribution < -0.4 is 0 Å². The van der Waals surface area contributed by atoms with E-state index in [0.29, 0.717) is 6.10 Å². The van der Waals surface area contributed by atoms with Crippen molar-refractivity contribution in [2.75, 3.05) is 6.61 Å². The van der Waals surface area contributed by atoms with Crippen LogP contribution in [0.4, 0.5) is 0 Å². The zero-order valence-corrected chi connectivity index (χ0v) is 18.2. The van der Waals surface area contributed by atoms with Crippen molar-refractivity contribution in [1.82, 2.24) is 0 Å². The Labute approximate surface area is 177 Å². The molecule has 0 aromatic carbocycles. The van der Waals surface area contributed by atoms with Gasteiger partial charge in [0.25, 0.3) is 0 Å². The lowest BCUT2D eigenvalue weighted by Crippen LogP contribution is -2.21. The highest BCUT2D eigenvalue weighted by Gasteiger charge is 2.14. The first-order valence-electron chi connectivity index (χ1n) is 11.0. The molecule has 1 nitrogen and oxygen atoms in total. The maximum absolute atomic E-state index is 5.39. The van der Waals surface area contributed by atoms with Gasteiger partial charge in [0.1, 0.15) is 0 Å². The van der Waals surface area contributed by atoms with E-state index in [1.165, 1.54) is 64.2 Å². The van der Waals surface area contributed by atoms with Crippen LogP contribution in [0.5, 0.6) is 0 Å². The molecule has 2 aliphatic carbocycles. The molecule has 2 saturated carbocycles. The lowest BCUT2D eigenvalue weighted by Gasteiger charge is -2.23. The minimum atomic E-state index is 0. The number of hydrogen-bond donors (Lipinski definition) is 0. The van der Waals surface area contributed by atoms with Crippen molar-refractivity contribution in [3.63, 3.8) is 0 Å². The molecule has 3 aliphatic rings. The van der Waals surface area contributed by atoms with E-state index in [0.717, 1.165) is 36.2 Å². The predicted molar refractivity (Wildman–Crippen MR) is 129 cm³/mol. The summed E-state index contributed by atoms with van der Waals surface area (Å²) in [6.07, 6.45) is 14.9. The largest absolute Gasteiger partial charge is 0.378 e. The fourth-order valence-corrected chi connectivity index (χ4v) is 3.87. The van der Waals surface area contributed by atoms with Gasteiger partial charge in [0, 0.05) is 16.4 Å². The summed E-state index contributed by atoms with van der Waals surface area (Å²) >= 11 is 0. The van der Waals surface area contributed by atoms with Crippen LogP contribution in [0.25, 0.3) is 0 Å². The second-order valence-corrected chi connectivity index (χ2v) is 9.56. The highest BCUT2D eigenvalue weighted by Crippen LogP contribution is 2.27. The monoisotopic (exact) mass is 383 g/mol. The maximum atomic E-state index is 5.39. The Morgan fingerprint density at radius 2 is 0.741 bits per heavy atom. The second-order valence-electron chi connectivity index (χ2n) is 9.56. The van der Waals surface area contributed by atoms with Crippen LogP contribution in [0.1, 0.15) is 122 Å². The summed E-state index contributed by atoms with van der Waals surface area (Å²) in [5.41, 5.74) is 0. The molecule has 1 heterocycles. The average molecular weight is 384 g/mol. The molecular formula is C25H56BO. The van der Waals surface area contributed by atoms with Crippen molar-refractivity contribution in [2.24, 2.45) is 29.6 Å². The normalized spacial score (nSPS) is 35.3. The second kappa shape index (κ2) is 18.1. The summed E-state index contributed by atoms with van der Waals surface area (Å²) in [6.45, 7) is 14.8. The van der Waals surface area contributed by atoms with Gasteiger partial charge in [0.05, 0.1) is 6.10 Å². The Hall–Kier alpha value is 0.0249. The number of hydrogen-bond acceptors (Lipinski definition) is 1. The molecule has 2 atom stereocenters. The van der Waals surface area contributed by atoms with Crippen molar-refractivity contribution in [3.05, 3.63) is 0 Å². The van der Waals surface area contributed by atoms with Crippen LogP contribution >= 0.6 is 0 Å². The highest BCUT2D eigenvalue weighted by molar-refractivity contribution is 5.75. The summed E-state index contributed by atoms with van der Waals surface area (Å²) < 4.78 is 5.39. The molecule has 2 heteroatoms. The first-order valence-corrected chi connectivity index (χ1v) is 11.0. The molecule has 3 fully saturated rings. The van der Waals surface area contributed by atoms with Crippen LogP contribution in [-0.2, 0) is 4.74 Å². The van der Waals surface area contributed by atoms with E-state index in [9.17, 15) is 0 Å². The molecule has 165 valence electrons. The van der Waals surface area contributed by atoms with Crippen molar-refractivity contribution in [3.8, 4) is 0 Å². The topological polar surface area (TPSA) is 9.23 Å². The third kappa shape index (κ3) is 16.7. The van der Waals surface area contributed by atoms with Gasteiger partial charge in [0.15, 0.2) is 0 Å². The van der Waals surface area contributed by atoms with E-state index in [4.69, 9.17) is 4.74 Å². The Bertz CT molecular complexity index is 211. The molecule has 0 spiro atoms. The van der Waals surface area contributed by atoms with Crippen LogP contribution in [0, 0.1) is 29.6 Å². The van der Waals surface area contributed by atoms with E-state index < -0.39 is 0 Å². The molecule has 1 aliphatic heterocycles. The summed E-state index contributed by atoms with van der Waals surface area (Å²) in [5, 5.41) is 0. The summed E-state index contributed by atoms with van der Waals surface area (Å²) in [6, 6.07) is 0. The first-order chi connectivity index (χ1) is 11.4. The van der Waals surface area contributed by atoms with Gasteiger partial charge in [-0.3, -0.25) is 0 Å². The molecule has 0 aromatic rings. The Balaban J connectivity index is -0.000000144. The van der Waals surface area contributed by atoms with Crippen LogP contribution in [-0.4, -0.2) is 21.1 Å². The smallest absolute Gasteiger partial charge is 0.0547 e. The maximum Gasteiger partial charge on any atom is 0.0547 e. The lowest BCUT2D eigenvalue weighted by molar-refractivity contribution is 0.000267. The van der Waals surface area contributed by atoms with Crippen molar-refractivity contribution < 1.29 is 6.16 Å². The molecule has 0 bridgehead atoms. The zero-order chi connectivity index (χ0) is 17.9. The van der Waals surface area contributed by atoms with Crippen molar-refractivity contribution >= 4 is 8.41 Å². The van der Waals surface area contributed by atoms with Crippen LogP contribution in [0.2, 0.25) is 0 Å². The average Bonchev–Trinajstić information content (AvgIpc) is 2.57. The lowest BCUT2D eigenvalue weighted by atomic mass is 9.84. The fraction of sp³-hybridized carbons (Fsp3) is 1.00. The van der Waals surface area contributed by atoms with E-state index in [-0.39, 0.29) is 24.7 Å². The van der Waals surface area contributed by atoms with Gasteiger partial charge in [-0.25, -0.2) is 0 Å². The highest BCUT2D eigenvalue weighted by atomic mass is 16.5. The molecule has 27 heavy (non-hydrogen) atoms. The Kier molecular flexibility index (Phi) is 21.2. The minimum absolute atomic E-state index is 0. The molecular weight excluding hydrogens is 327 g/mol. The number of rotatable bonds is 0. The Morgan fingerprint density at radius 1 is 0.481 bits per heavy atom. The molecule has 0 N–H and O–H groups in total. The van der Waals surface area contributed by atoms with E-state index in [1.54, 1.807) is 0 Å². The molecule has 3 rings (SSSR count). The number of ether oxygens (including phenoxy) is 1. The summed E-state index contributed by atoms with van der Waals surface area (Å²) in [4.78, 5) is 0. The van der Waals surface area contributed by atoms with Crippen molar-refractivity contribution in [2.45, 2.75) is 127 Å². The third-order valence-electron chi connectivity index (χ3n) is 6.34. The van der Waals surface area contributed by atoms with Gasteiger partial charge in [-0.2, -0.15) is 0 Å². The fourth-order valence-electron chi connectivity index (χ4n) is 3.87.